The Morgan fingerprint density at radius 3 is 2.52 bits per heavy atom. The van der Waals surface area contributed by atoms with Crippen LogP contribution in [0.15, 0.2) is 60.8 Å². The summed E-state index contributed by atoms with van der Waals surface area (Å²) in [6.45, 7) is 0. The molecular weight excluding hydrogens is 437 g/mol. The largest absolute Gasteiger partial charge is 0.322 e. The SMILES string of the molecule is CN(O[SH](=O)=O)c1ccc(C(=O)Nc2ccc(Cl)c(-c3ccccn3)c2)c(Cl)c1. The van der Waals surface area contributed by atoms with Crippen LogP contribution in [0.2, 0.25) is 10.0 Å². The summed E-state index contributed by atoms with van der Waals surface area (Å²) in [4.78, 5) is 16.9. The smallest absolute Gasteiger partial charge is 0.277 e. The summed E-state index contributed by atoms with van der Waals surface area (Å²) in [5, 5.41) is 4.43. The standard InChI is InChI=1S/C19H15Cl2N3O4S/c1-24(28-29(26)27)13-6-7-14(17(21)11-13)19(25)23-12-5-8-16(20)15(10-12)18-4-2-3-9-22-18/h2-11,29H,1H3,(H,23,25). The number of hydroxylamine groups is 1. The summed E-state index contributed by atoms with van der Waals surface area (Å²) in [6.07, 6.45) is 1.65. The molecule has 29 heavy (non-hydrogen) atoms. The minimum absolute atomic E-state index is 0.135. The number of nitrogens with zero attached hydrogens (tertiary/aromatic N) is 2. The zero-order valence-corrected chi connectivity index (χ0v) is 17.4. The predicted molar refractivity (Wildman–Crippen MR) is 114 cm³/mol. The van der Waals surface area contributed by atoms with Crippen LogP contribution in [-0.4, -0.2) is 26.4 Å². The van der Waals surface area contributed by atoms with Crippen molar-refractivity contribution in [2.24, 2.45) is 0 Å². The van der Waals surface area contributed by atoms with Crippen molar-refractivity contribution >= 4 is 51.5 Å². The topological polar surface area (TPSA) is 88.6 Å². The van der Waals surface area contributed by atoms with E-state index in [2.05, 4.69) is 14.6 Å². The van der Waals surface area contributed by atoms with Crippen LogP contribution in [0.5, 0.6) is 0 Å². The van der Waals surface area contributed by atoms with Gasteiger partial charge in [-0.3, -0.25) is 9.78 Å². The lowest BCUT2D eigenvalue weighted by Gasteiger charge is -2.15. The molecule has 0 saturated carbocycles. The monoisotopic (exact) mass is 451 g/mol. The van der Waals surface area contributed by atoms with Crippen LogP contribution in [0.25, 0.3) is 11.3 Å². The third-order valence-corrected chi connectivity index (χ3v) is 4.94. The van der Waals surface area contributed by atoms with E-state index in [9.17, 15) is 13.2 Å². The van der Waals surface area contributed by atoms with Crippen LogP contribution in [0, 0.1) is 0 Å². The number of carbonyl (C=O) groups is 1. The Labute approximate surface area is 179 Å². The molecule has 0 radical (unpaired) electrons. The average Bonchev–Trinajstić information content (AvgIpc) is 2.69. The third-order valence-electron chi connectivity index (χ3n) is 3.92. The van der Waals surface area contributed by atoms with Crippen molar-refractivity contribution in [3.63, 3.8) is 0 Å². The number of nitrogens with one attached hydrogen (secondary N) is 1. The number of anilines is 2. The van der Waals surface area contributed by atoms with Gasteiger partial charge in [0.05, 0.1) is 27.0 Å². The number of carbonyl (C=O) groups excluding carboxylic acids is 1. The highest BCUT2D eigenvalue weighted by Gasteiger charge is 2.14. The van der Waals surface area contributed by atoms with Crippen molar-refractivity contribution in [3.05, 3.63) is 76.4 Å². The number of hydrogen-bond acceptors (Lipinski definition) is 6. The Balaban J connectivity index is 1.82. The zero-order chi connectivity index (χ0) is 21.0. The van der Waals surface area contributed by atoms with Gasteiger partial charge in [0.15, 0.2) is 0 Å². The molecule has 0 aliphatic heterocycles. The first-order chi connectivity index (χ1) is 13.8. The maximum atomic E-state index is 12.6. The highest BCUT2D eigenvalue weighted by atomic mass is 35.5. The maximum absolute atomic E-state index is 12.6. The molecule has 7 nitrogen and oxygen atoms in total. The molecule has 3 aromatic rings. The normalized spacial score (nSPS) is 10.8. The van der Waals surface area contributed by atoms with Crippen LogP contribution in [0.3, 0.4) is 0 Å². The summed E-state index contributed by atoms with van der Waals surface area (Å²) in [5.41, 5.74) is 2.45. The summed E-state index contributed by atoms with van der Waals surface area (Å²) >= 11 is 12.5. The highest BCUT2D eigenvalue weighted by Crippen LogP contribution is 2.30. The van der Waals surface area contributed by atoms with Crippen molar-refractivity contribution in [2.75, 3.05) is 17.4 Å². The van der Waals surface area contributed by atoms with Crippen molar-refractivity contribution in [1.82, 2.24) is 4.98 Å². The molecule has 150 valence electrons. The van der Waals surface area contributed by atoms with Gasteiger partial charge in [0.2, 0.25) is 0 Å². The first-order valence-corrected chi connectivity index (χ1v) is 10.1. The second-order valence-electron chi connectivity index (χ2n) is 5.83. The van der Waals surface area contributed by atoms with Gasteiger partial charge in [0, 0.05) is 24.5 Å². The van der Waals surface area contributed by atoms with E-state index in [4.69, 9.17) is 23.2 Å². The summed E-state index contributed by atoms with van der Waals surface area (Å²) in [7, 11) is -1.66. The van der Waals surface area contributed by atoms with Crippen LogP contribution in [-0.2, 0) is 15.3 Å². The molecule has 0 saturated heterocycles. The summed E-state index contributed by atoms with van der Waals surface area (Å²) in [5.74, 6) is -0.436. The van der Waals surface area contributed by atoms with Gasteiger partial charge in [0.1, 0.15) is 0 Å². The molecule has 10 heteroatoms. The lowest BCUT2D eigenvalue weighted by molar-refractivity contribution is 0.102. The number of benzene rings is 2. The van der Waals surface area contributed by atoms with E-state index < -0.39 is 16.9 Å². The van der Waals surface area contributed by atoms with Crippen molar-refractivity contribution < 1.29 is 17.5 Å². The maximum Gasteiger partial charge on any atom is 0.277 e. The Morgan fingerprint density at radius 2 is 1.86 bits per heavy atom. The Kier molecular flexibility index (Phi) is 6.71. The fourth-order valence-electron chi connectivity index (χ4n) is 2.55. The fraction of sp³-hybridized carbons (Fsp3) is 0.0526. The number of hydrogen-bond donors (Lipinski definition) is 2. The van der Waals surface area contributed by atoms with Crippen molar-refractivity contribution in [2.45, 2.75) is 0 Å². The van der Waals surface area contributed by atoms with Crippen LogP contribution >= 0.6 is 23.2 Å². The van der Waals surface area contributed by atoms with E-state index in [-0.39, 0.29) is 10.6 Å². The van der Waals surface area contributed by atoms with Gasteiger partial charge in [-0.15, -0.1) is 0 Å². The Hall–Kier alpha value is -2.65. The van der Waals surface area contributed by atoms with Crippen molar-refractivity contribution in [1.29, 1.82) is 0 Å². The van der Waals surface area contributed by atoms with Crippen LogP contribution in [0.1, 0.15) is 10.4 Å². The number of thiol groups is 1. The van der Waals surface area contributed by atoms with E-state index in [1.165, 1.54) is 25.2 Å². The molecule has 0 aliphatic rings. The van der Waals surface area contributed by atoms with Gasteiger partial charge in [-0.1, -0.05) is 29.3 Å². The second-order valence-corrected chi connectivity index (χ2v) is 7.26. The number of amides is 1. The molecule has 1 heterocycles. The molecule has 0 atom stereocenters. The molecule has 0 fully saturated rings. The zero-order valence-electron chi connectivity index (χ0n) is 15.0. The average molecular weight is 452 g/mol. The van der Waals surface area contributed by atoms with E-state index >= 15 is 0 Å². The molecule has 1 amide bonds. The van der Waals surface area contributed by atoms with Gasteiger partial charge in [-0.05, 0) is 48.5 Å². The molecule has 1 aromatic heterocycles. The lowest BCUT2D eigenvalue weighted by Crippen LogP contribution is -2.17. The highest BCUT2D eigenvalue weighted by molar-refractivity contribution is 7.67. The summed E-state index contributed by atoms with van der Waals surface area (Å²) < 4.78 is 25.9. The van der Waals surface area contributed by atoms with Gasteiger partial charge in [-0.2, -0.15) is 4.28 Å². The number of halogens is 2. The fourth-order valence-corrected chi connectivity index (χ4v) is 3.32. The molecule has 0 unspecified atom stereocenters. The molecule has 3 rings (SSSR count). The molecule has 0 spiro atoms. The number of rotatable bonds is 6. The molecular formula is C19H15Cl2N3O4S. The Morgan fingerprint density at radius 1 is 1.07 bits per heavy atom. The summed E-state index contributed by atoms with van der Waals surface area (Å²) in [6, 6.07) is 14.9. The number of pyridine rings is 1. The van der Waals surface area contributed by atoms with E-state index in [1.807, 2.05) is 12.1 Å². The van der Waals surface area contributed by atoms with Gasteiger partial charge >= 0.3 is 0 Å². The van der Waals surface area contributed by atoms with E-state index in [0.29, 0.717) is 27.7 Å². The quantitative estimate of drug-likeness (QED) is 0.431. The first-order valence-electron chi connectivity index (χ1n) is 8.23. The van der Waals surface area contributed by atoms with Gasteiger partial charge in [-0.25, -0.2) is 13.5 Å². The van der Waals surface area contributed by atoms with E-state index in [1.54, 1.807) is 30.5 Å². The van der Waals surface area contributed by atoms with E-state index in [0.717, 1.165) is 5.06 Å². The number of aromatic nitrogens is 1. The first kappa shape index (κ1) is 21.1. The predicted octanol–water partition coefficient (Wildman–Crippen LogP) is 4.20. The van der Waals surface area contributed by atoms with Crippen LogP contribution < -0.4 is 10.4 Å². The minimum atomic E-state index is -3.06. The second kappa shape index (κ2) is 9.23. The third kappa shape index (κ3) is 5.24. The van der Waals surface area contributed by atoms with Crippen LogP contribution in [0.4, 0.5) is 11.4 Å². The molecule has 1 N–H and O–H groups in total. The molecule has 2 aromatic carbocycles. The van der Waals surface area contributed by atoms with Gasteiger partial charge in [0.25, 0.3) is 16.9 Å². The van der Waals surface area contributed by atoms with Crippen molar-refractivity contribution in [3.8, 4) is 11.3 Å². The molecule has 0 aliphatic carbocycles. The lowest BCUT2D eigenvalue weighted by atomic mass is 10.1. The Bertz CT molecular complexity index is 1120. The van der Waals surface area contributed by atoms with Gasteiger partial charge < -0.3 is 5.32 Å². The minimum Gasteiger partial charge on any atom is -0.322 e. The molecule has 0 bridgehead atoms.